The monoisotopic (exact) mass is 153 g/mol. The predicted molar refractivity (Wildman–Crippen MR) is 49.4 cm³/mol. The highest BCUT2D eigenvalue weighted by molar-refractivity contribution is 4.90. The van der Waals surface area contributed by atoms with Crippen molar-refractivity contribution >= 4 is 0 Å². The van der Waals surface area contributed by atoms with E-state index in [1.54, 1.807) is 0 Å². The molecule has 0 aromatic heterocycles. The maximum atomic E-state index is 5.88. The van der Waals surface area contributed by atoms with Crippen LogP contribution in [-0.4, -0.2) is 6.04 Å². The summed E-state index contributed by atoms with van der Waals surface area (Å²) in [7, 11) is 0. The van der Waals surface area contributed by atoms with E-state index in [2.05, 4.69) is 19.1 Å². The van der Waals surface area contributed by atoms with Crippen LogP contribution in [0.2, 0.25) is 0 Å². The lowest BCUT2D eigenvalue weighted by molar-refractivity contribution is 0.397. The zero-order valence-electron chi connectivity index (χ0n) is 7.42. The summed E-state index contributed by atoms with van der Waals surface area (Å²) >= 11 is 0. The van der Waals surface area contributed by atoms with Crippen molar-refractivity contribution in [3.8, 4) is 0 Å². The average molecular weight is 153 g/mol. The minimum atomic E-state index is 0.437. The van der Waals surface area contributed by atoms with Crippen LogP contribution in [0.25, 0.3) is 0 Å². The first-order valence-electron chi connectivity index (χ1n) is 4.73. The van der Waals surface area contributed by atoms with Crippen LogP contribution >= 0.6 is 0 Å². The Morgan fingerprint density at radius 1 is 1.55 bits per heavy atom. The molecule has 0 heterocycles. The summed E-state index contributed by atoms with van der Waals surface area (Å²) in [6.07, 6.45) is 10.8. The maximum Gasteiger partial charge on any atom is 0.00389 e. The summed E-state index contributed by atoms with van der Waals surface area (Å²) in [5.74, 6) is 0.870. The van der Waals surface area contributed by atoms with E-state index >= 15 is 0 Å². The number of hydrogen-bond donors (Lipinski definition) is 1. The topological polar surface area (TPSA) is 26.0 Å². The van der Waals surface area contributed by atoms with Crippen molar-refractivity contribution < 1.29 is 0 Å². The Kier molecular flexibility index (Phi) is 3.64. The minimum Gasteiger partial charge on any atom is -0.328 e. The molecule has 1 aliphatic rings. The predicted octanol–water partition coefficient (Wildman–Crippen LogP) is 2.47. The zero-order valence-corrected chi connectivity index (χ0v) is 7.42. The Balaban J connectivity index is 2.20. The molecule has 0 radical (unpaired) electrons. The van der Waals surface area contributed by atoms with Gasteiger partial charge in [-0.25, -0.2) is 0 Å². The van der Waals surface area contributed by atoms with E-state index < -0.39 is 0 Å². The van der Waals surface area contributed by atoms with Crippen LogP contribution in [0.5, 0.6) is 0 Å². The van der Waals surface area contributed by atoms with E-state index in [1.165, 1.54) is 25.7 Å². The van der Waals surface area contributed by atoms with Crippen LogP contribution in [0.1, 0.15) is 39.0 Å². The zero-order chi connectivity index (χ0) is 8.10. The van der Waals surface area contributed by atoms with Gasteiger partial charge in [0.2, 0.25) is 0 Å². The van der Waals surface area contributed by atoms with Crippen LogP contribution in [0.15, 0.2) is 12.2 Å². The molecule has 1 nitrogen and oxygen atoms in total. The van der Waals surface area contributed by atoms with Crippen molar-refractivity contribution in [2.45, 2.75) is 45.1 Å². The van der Waals surface area contributed by atoms with Gasteiger partial charge in [0.1, 0.15) is 0 Å². The Morgan fingerprint density at radius 2 is 2.36 bits per heavy atom. The van der Waals surface area contributed by atoms with Gasteiger partial charge in [0.25, 0.3) is 0 Å². The quantitative estimate of drug-likeness (QED) is 0.619. The standard InChI is InChI=1S/C10H19N/c1-2-10(11)8-9-6-4-3-5-7-9/h3-4,9-10H,2,5-8,11H2,1H3. The second-order valence-corrected chi connectivity index (χ2v) is 3.55. The lowest BCUT2D eigenvalue weighted by atomic mass is 9.88. The molecule has 1 aliphatic carbocycles. The first-order valence-corrected chi connectivity index (χ1v) is 4.73. The molecule has 0 saturated heterocycles. The fraction of sp³-hybridized carbons (Fsp3) is 0.800. The van der Waals surface area contributed by atoms with Gasteiger partial charge in [-0.2, -0.15) is 0 Å². The van der Waals surface area contributed by atoms with Gasteiger partial charge in [-0.15, -0.1) is 0 Å². The molecule has 64 valence electrons. The van der Waals surface area contributed by atoms with E-state index in [9.17, 15) is 0 Å². The molecule has 11 heavy (non-hydrogen) atoms. The molecule has 0 bridgehead atoms. The van der Waals surface area contributed by atoms with Crippen LogP contribution in [0.4, 0.5) is 0 Å². The molecule has 2 N–H and O–H groups in total. The third-order valence-corrected chi connectivity index (χ3v) is 2.54. The van der Waals surface area contributed by atoms with Crippen molar-refractivity contribution in [1.82, 2.24) is 0 Å². The third kappa shape index (κ3) is 3.06. The van der Waals surface area contributed by atoms with Gasteiger partial charge in [0.05, 0.1) is 0 Å². The summed E-state index contributed by atoms with van der Waals surface area (Å²) < 4.78 is 0. The SMILES string of the molecule is CCC(N)CC1CC=CCC1. The van der Waals surface area contributed by atoms with Crippen molar-refractivity contribution in [1.29, 1.82) is 0 Å². The Labute approximate surface area is 69.7 Å². The van der Waals surface area contributed by atoms with Gasteiger partial charge in [-0.3, -0.25) is 0 Å². The second kappa shape index (κ2) is 4.55. The summed E-state index contributed by atoms with van der Waals surface area (Å²) in [5, 5.41) is 0. The molecule has 0 aromatic rings. The summed E-state index contributed by atoms with van der Waals surface area (Å²) in [5.41, 5.74) is 5.88. The van der Waals surface area contributed by atoms with Gasteiger partial charge in [0, 0.05) is 6.04 Å². The van der Waals surface area contributed by atoms with Gasteiger partial charge in [-0.1, -0.05) is 19.1 Å². The van der Waals surface area contributed by atoms with Crippen molar-refractivity contribution in [2.24, 2.45) is 11.7 Å². The third-order valence-electron chi connectivity index (χ3n) is 2.54. The highest BCUT2D eigenvalue weighted by atomic mass is 14.6. The number of allylic oxidation sites excluding steroid dienone is 2. The minimum absolute atomic E-state index is 0.437. The molecule has 2 unspecified atom stereocenters. The molecular weight excluding hydrogens is 134 g/mol. The highest BCUT2D eigenvalue weighted by Gasteiger charge is 2.12. The van der Waals surface area contributed by atoms with Gasteiger partial charge in [-0.05, 0) is 38.0 Å². The highest BCUT2D eigenvalue weighted by Crippen LogP contribution is 2.22. The molecule has 2 atom stereocenters. The van der Waals surface area contributed by atoms with Gasteiger partial charge >= 0.3 is 0 Å². The number of rotatable bonds is 3. The Morgan fingerprint density at radius 3 is 2.91 bits per heavy atom. The molecule has 0 aliphatic heterocycles. The Bertz CT molecular complexity index is 129. The van der Waals surface area contributed by atoms with Crippen LogP contribution < -0.4 is 5.73 Å². The molecule has 0 spiro atoms. The molecular formula is C10H19N. The van der Waals surface area contributed by atoms with E-state index in [0.717, 1.165) is 12.3 Å². The summed E-state index contributed by atoms with van der Waals surface area (Å²) in [4.78, 5) is 0. The smallest absolute Gasteiger partial charge is 0.00389 e. The largest absolute Gasteiger partial charge is 0.328 e. The molecule has 0 amide bonds. The lowest BCUT2D eigenvalue weighted by Crippen LogP contribution is -2.22. The van der Waals surface area contributed by atoms with E-state index in [-0.39, 0.29) is 0 Å². The van der Waals surface area contributed by atoms with Crippen molar-refractivity contribution in [3.05, 3.63) is 12.2 Å². The first kappa shape index (κ1) is 8.79. The number of hydrogen-bond acceptors (Lipinski definition) is 1. The van der Waals surface area contributed by atoms with Crippen molar-refractivity contribution in [2.75, 3.05) is 0 Å². The van der Waals surface area contributed by atoms with Crippen LogP contribution in [0, 0.1) is 5.92 Å². The van der Waals surface area contributed by atoms with Gasteiger partial charge < -0.3 is 5.73 Å². The molecule has 0 saturated carbocycles. The molecule has 1 heteroatoms. The van der Waals surface area contributed by atoms with E-state index in [4.69, 9.17) is 5.73 Å². The Hall–Kier alpha value is -0.300. The maximum absolute atomic E-state index is 5.88. The number of nitrogens with two attached hydrogens (primary N) is 1. The normalized spacial score (nSPS) is 26.9. The summed E-state index contributed by atoms with van der Waals surface area (Å²) in [6.45, 7) is 2.17. The first-order chi connectivity index (χ1) is 5.33. The molecule has 0 aromatic carbocycles. The summed E-state index contributed by atoms with van der Waals surface area (Å²) in [6, 6.07) is 0.437. The van der Waals surface area contributed by atoms with Crippen molar-refractivity contribution in [3.63, 3.8) is 0 Å². The molecule has 1 rings (SSSR count). The second-order valence-electron chi connectivity index (χ2n) is 3.55. The van der Waals surface area contributed by atoms with E-state index in [1.807, 2.05) is 0 Å². The lowest BCUT2D eigenvalue weighted by Gasteiger charge is -2.20. The fourth-order valence-corrected chi connectivity index (χ4v) is 1.67. The fourth-order valence-electron chi connectivity index (χ4n) is 1.67. The molecule has 0 fully saturated rings. The van der Waals surface area contributed by atoms with Gasteiger partial charge in [0.15, 0.2) is 0 Å². The van der Waals surface area contributed by atoms with Crippen LogP contribution in [-0.2, 0) is 0 Å². The van der Waals surface area contributed by atoms with E-state index in [0.29, 0.717) is 6.04 Å². The van der Waals surface area contributed by atoms with Crippen LogP contribution in [0.3, 0.4) is 0 Å². The average Bonchev–Trinajstić information content (AvgIpc) is 2.06.